The predicted octanol–water partition coefficient (Wildman–Crippen LogP) is 4.90. The van der Waals surface area contributed by atoms with Crippen LogP contribution in [-0.4, -0.2) is 52.0 Å². The summed E-state index contributed by atoms with van der Waals surface area (Å²) in [6.45, 7) is 1.75. The van der Waals surface area contributed by atoms with Crippen molar-refractivity contribution in [2.75, 3.05) is 29.9 Å². The van der Waals surface area contributed by atoms with E-state index in [1.807, 2.05) is 30.0 Å². The molecule has 1 amide bonds. The number of anilines is 1. The summed E-state index contributed by atoms with van der Waals surface area (Å²) in [5.74, 6) is 2.61. The lowest BCUT2D eigenvalue weighted by Gasteiger charge is -2.28. The summed E-state index contributed by atoms with van der Waals surface area (Å²) in [6, 6.07) is 17.8. The van der Waals surface area contributed by atoms with E-state index in [0.29, 0.717) is 28.3 Å². The Morgan fingerprint density at radius 1 is 1.00 bits per heavy atom. The molecule has 0 saturated carbocycles. The van der Waals surface area contributed by atoms with Crippen molar-refractivity contribution in [3.05, 3.63) is 93.6 Å². The fraction of sp³-hybridized carbons (Fsp3) is 0.200. The Morgan fingerprint density at radius 3 is 2.39 bits per heavy atom. The molecule has 1 aliphatic rings. The second-order valence-electron chi connectivity index (χ2n) is 7.60. The molecule has 2 heterocycles. The van der Waals surface area contributed by atoms with Gasteiger partial charge in [-0.2, -0.15) is 11.8 Å². The number of ketones is 1. The third-order valence-corrected chi connectivity index (χ3v) is 6.80. The van der Waals surface area contributed by atoms with E-state index < -0.39 is 0 Å². The summed E-state index contributed by atoms with van der Waals surface area (Å²) in [7, 11) is 0. The number of carbonyl (C=O) groups is 2. The molecule has 33 heavy (non-hydrogen) atoms. The fourth-order valence-electron chi connectivity index (χ4n) is 3.59. The quantitative estimate of drug-likeness (QED) is 0.273. The number of rotatable bonds is 6. The Balaban J connectivity index is 1.44. The zero-order valence-electron chi connectivity index (χ0n) is 17.9. The SMILES string of the molecule is N=C(c1ccc(C(=O)Cc2ccccc2C(=O)Nc2ccc(Br)cn2)cc1)N1CCSCC1. The third-order valence-electron chi connectivity index (χ3n) is 5.39. The minimum absolute atomic E-state index is 0.0792. The zero-order valence-corrected chi connectivity index (χ0v) is 20.3. The average molecular weight is 523 g/mol. The number of hydrogen-bond acceptors (Lipinski definition) is 5. The molecule has 1 saturated heterocycles. The van der Waals surface area contributed by atoms with Crippen molar-refractivity contribution in [1.82, 2.24) is 9.88 Å². The molecule has 0 aliphatic carbocycles. The van der Waals surface area contributed by atoms with E-state index >= 15 is 0 Å². The van der Waals surface area contributed by atoms with Crippen LogP contribution in [0, 0.1) is 5.41 Å². The van der Waals surface area contributed by atoms with Crippen LogP contribution in [0.3, 0.4) is 0 Å². The topological polar surface area (TPSA) is 86.1 Å². The average Bonchev–Trinajstić information content (AvgIpc) is 2.86. The molecular formula is C25H23BrN4O2S. The Bertz CT molecular complexity index is 1160. The highest BCUT2D eigenvalue weighted by molar-refractivity contribution is 9.10. The molecule has 1 fully saturated rings. The second-order valence-corrected chi connectivity index (χ2v) is 9.74. The van der Waals surface area contributed by atoms with E-state index in [2.05, 4.69) is 31.1 Å². The lowest BCUT2D eigenvalue weighted by atomic mass is 9.97. The van der Waals surface area contributed by atoms with Crippen LogP contribution in [0.25, 0.3) is 0 Å². The molecule has 168 valence electrons. The van der Waals surface area contributed by atoms with Gasteiger partial charge in [0.1, 0.15) is 11.7 Å². The van der Waals surface area contributed by atoms with Gasteiger partial charge in [0.05, 0.1) is 0 Å². The monoisotopic (exact) mass is 522 g/mol. The molecule has 0 spiro atoms. The predicted molar refractivity (Wildman–Crippen MR) is 137 cm³/mol. The Morgan fingerprint density at radius 2 is 1.70 bits per heavy atom. The number of carbonyl (C=O) groups excluding carboxylic acids is 2. The number of benzene rings is 2. The van der Waals surface area contributed by atoms with Gasteiger partial charge in [-0.25, -0.2) is 4.98 Å². The number of nitrogens with zero attached hydrogens (tertiary/aromatic N) is 2. The molecule has 1 aromatic heterocycles. The molecule has 2 aromatic carbocycles. The first-order chi connectivity index (χ1) is 16.0. The van der Waals surface area contributed by atoms with Crippen LogP contribution < -0.4 is 5.32 Å². The molecular weight excluding hydrogens is 500 g/mol. The first kappa shape index (κ1) is 23.2. The van der Waals surface area contributed by atoms with Gasteiger partial charge in [-0.05, 0) is 39.7 Å². The summed E-state index contributed by atoms with van der Waals surface area (Å²) in [4.78, 5) is 32.0. The first-order valence-corrected chi connectivity index (χ1v) is 12.5. The molecule has 8 heteroatoms. The van der Waals surface area contributed by atoms with Gasteiger partial charge in [-0.1, -0.05) is 42.5 Å². The number of hydrogen-bond donors (Lipinski definition) is 2. The highest BCUT2D eigenvalue weighted by Gasteiger charge is 2.18. The Labute approximate surface area is 205 Å². The number of amides is 1. The van der Waals surface area contributed by atoms with Gasteiger partial charge in [0.25, 0.3) is 5.91 Å². The standard InChI is InChI=1S/C25H23BrN4O2S/c26-20-9-10-23(28-16-20)29-25(32)21-4-2-1-3-19(21)15-22(31)17-5-7-18(8-6-17)24(27)30-11-13-33-14-12-30/h1-10,16,27H,11-15H2,(H,28,29,32). The summed E-state index contributed by atoms with van der Waals surface area (Å²) in [6.07, 6.45) is 1.72. The van der Waals surface area contributed by atoms with Gasteiger partial charge in [0, 0.05) is 58.4 Å². The summed E-state index contributed by atoms with van der Waals surface area (Å²) < 4.78 is 0.822. The second kappa shape index (κ2) is 10.8. The number of halogens is 1. The zero-order chi connectivity index (χ0) is 23.2. The van der Waals surface area contributed by atoms with Crippen molar-refractivity contribution in [2.24, 2.45) is 0 Å². The number of amidine groups is 1. The maximum absolute atomic E-state index is 13.0. The molecule has 0 unspecified atom stereocenters. The summed E-state index contributed by atoms with van der Waals surface area (Å²) >= 11 is 5.23. The number of nitrogens with one attached hydrogen (secondary N) is 2. The van der Waals surface area contributed by atoms with Crippen molar-refractivity contribution >= 4 is 51.0 Å². The van der Waals surface area contributed by atoms with Crippen LogP contribution in [0.2, 0.25) is 0 Å². The van der Waals surface area contributed by atoms with Gasteiger partial charge in [0.2, 0.25) is 0 Å². The molecule has 6 nitrogen and oxygen atoms in total. The van der Waals surface area contributed by atoms with E-state index in [4.69, 9.17) is 5.41 Å². The normalized spacial score (nSPS) is 13.4. The summed E-state index contributed by atoms with van der Waals surface area (Å²) in [5.41, 5.74) is 2.46. The largest absolute Gasteiger partial charge is 0.355 e. The van der Waals surface area contributed by atoms with Crippen LogP contribution in [0.5, 0.6) is 0 Å². The number of aromatic nitrogens is 1. The van der Waals surface area contributed by atoms with Gasteiger partial charge < -0.3 is 10.2 Å². The number of pyridine rings is 1. The Hall–Kier alpha value is -2.97. The Kier molecular flexibility index (Phi) is 7.57. The smallest absolute Gasteiger partial charge is 0.257 e. The van der Waals surface area contributed by atoms with Crippen LogP contribution in [-0.2, 0) is 6.42 Å². The van der Waals surface area contributed by atoms with E-state index in [-0.39, 0.29) is 18.1 Å². The van der Waals surface area contributed by atoms with Gasteiger partial charge >= 0.3 is 0 Å². The number of thioether (sulfide) groups is 1. The van der Waals surface area contributed by atoms with Crippen LogP contribution >= 0.6 is 27.7 Å². The highest BCUT2D eigenvalue weighted by Crippen LogP contribution is 2.18. The van der Waals surface area contributed by atoms with Crippen molar-refractivity contribution in [2.45, 2.75) is 6.42 Å². The minimum Gasteiger partial charge on any atom is -0.355 e. The van der Waals surface area contributed by atoms with E-state index in [9.17, 15) is 9.59 Å². The summed E-state index contributed by atoms with van der Waals surface area (Å²) in [5, 5.41) is 11.2. The molecule has 0 radical (unpaired) electrons. The lowest BCUT2D eigenvalue weighted by Crippen LogP contribution is -2.37. The van der Waals surface area contributed by atoms with Gasteiger partial charge in [-0.15, -0.1) is 0 Å². The molecule has 2 N–H and O–H groups in total. The molecule has 4 rings (SSSR count). The minimum atomic E-state index is -0.309. The lowest BCUT2D eigenvalue weighted by molar-refractivity contribution is 0.0992. The van der Waals surface area contributed by atoms with E-state index in [0.717, 1.165) is 34.6 Å². The van der Waals surface area contributed by atoms with Crippen molar-refractivity contribution < 1.29 is 9.59 Å². The van der Waals surface area contributed by atoms with Crippen LogP contribution in [0.4, 0.5) is 5.82 Å². The van der Waals surface area contributed by atoms with Gasteiger partial charge in [0.15, 0.2) is 5.78 Å². The van der Waals surface area contributed by atoms with E-state index in [1.165, 1.54) is 0 Å². The van der Waals surface area contributed by atoms with Crippen molar-refractivity contribution in [3.8, 4) is 0 Å². The van der Waals surface area contributed by atoms with Crippen molar-refractivity contribution in [1.29, 1.82) is 5.41 Å². The molecule has 0 bridgehead atoms. The van der Waals surface area contributed by atoms with Crippen LogP contribution in [0.15, 0.2) is 71.3 Å². The molecule has 1 aliphatic heterocycles. The number of Topliss-reactive ketones (excluding diaryl/α,β-unsaturated/α-hetero) is 1. The van der Waals surface area contributed by atoms with Gasteiger partial charge in [-0.3, -0.25) is 15.0 Å². The van der Waals surface area contributed by atoms with Crippen LogP contribution in [0.1, 0.15) is 31.8 Å². The molecule has 0 atom stereocenters. The van der Waals surface area contributed by atoms with E-state index in [1.54, 1.807) is 48.7 Å². The maximum Gasteiger partial charge on any atom is 0.257 e. The first-order valence-electron chi connectivity index (χ1n) is 10.6. The maximum atomic E-state index is 13.0. The highest BCUT2D eigenvalue weighted by atomic mass is 79.9. The fourth-order valence-corrected chi connectivity index (χ4v) is 4.73. The van der Waals surface area contributed by atoms with Crippen molar-refractivity contribution in [3.63, 3.8) is 0 Å². The third kappa shape index (κ3) is 5.89. The molecule has 3 aromatic rings.